The van der Waals surface area contributed by atoms with Gasteiger partial charge in [-0.15, -0.1) is 6.58 Å². The number of H-pyrrole nitrogens is 2. The van der Waals surface area contributed by atoms with E-state index in [1.807, 2.05) is 4.98 Å². The van der Waals surface area contributed by atoms with E-state index in [9.17, 15) is 18.4 Å². The second kappa shape index (κ2) is 6.69. The average molecular weight is 296 g/mol. The zero-order chi connectivity index (χ0) is 16.0. The molecule has 6 nitrogen and oxygen atoms in total. The molecule has 0 atom stereocenters. The van der Waals surface area contributed by atoms with Crippen LogP contribution in [0.25, 0.3) is 5.57 Å². The second-order valence-corrected chi connectivity index (χ2v) is 4.18. The van der Waals surface area contributed by atoms with Crippen LogP contribution < -0.4 is 11.4 Å². The molecule has 0 spiro atoms. The Labute approximate surface area is 118 Å². The van der Waals surface area contributed by atoms with Gasteiger partial charge in [-0.3, -0.25) is 15.0 Å². The molecule has 8 heteroatoms. The minimum atomic E-state index is -3.02. The molecule has 0 aliphatic heterocycles. The SMILES string of the molecule is C=CC/C(=C\N=CC(=C)c1nc(=O)[nH]c(=O)[nH]1)C(C)(F)F. The van der Waals surface area contributed by atoms with Crippen molar-refractivity contribution in [2.45, 2.75) is 19.3 Å². The monoisotopic (exact) mass is 296 g/mol. The lowest BCUT2D eigenvalue weighted by molar-refractivity contribution is 0.0610. The van der Waals surface area contributed by atoms with Crippen LogP contribution in [0.3, 0.4) is 0 Å². The molecule has 1 aromatic heterocycles. The molecule has 0 aliphatic carbocycles. The van der Waals surface area contributed by atoms with Crippen molar-refractivity contribution in [3.8, 4) is 0 Å². The number of aromatic nitrogens is 3. The molecule has 1 aromatic rings. The van der Waals surface area contributed by atoms with Gasteiger partial charge in [0, 0.05) is 30.5 Å². The molecule has 0 saturated carbocycles. The van der Waals surface area contributed by atoms with Crippen molar-refractivity contribution < 1.29 is 8.78 Å². The van der Waals surface area contributed by atoms with Gasteiger partial charge in [0.25, 0.3) is 5.92 Å². The summed E-state index contributed by atoms with van der Waals surface area (Å²) in [5.74, 6) is -3.11. The Morgan fingerprint density at radius 2 is 2.10 bits per heavy atom. The number of alkyl halides is 2. The highest BCUT2D eigenvalue weighted by molar-refractivity contribution is 6.07. The average Bonchev–Trinajstić information content (AvgIpc) is 2.35. The number of nitrogens with zero attached hydrogens (tertiary/aromatic N) is 2. The third-order valence-corrected chi connectivity index (χ3v) is 2.36. The van der Waals surface area contributed by atoms with E-state index in [2.05, 4.69) is 28.1 Å². The van der Waals surface area contributed by atoms with Crippen LogP contribution in [0.5, 0.6) is 0 Å². The first-order valence-corrected chi connectivity index (χ1v) is 5.85. The number of allylic oxidation sites excluding steroid dienone is 3. The van der Waals surface area contributed by atoms with E-state index in [-0.39, 0.29) is 23.4 Å². The Bertz CT molecular complexity index is 680. The fraction of sp³-hybridized carbons (Fsp3) is 0.231. The van der Waals surface area contributed by atoms with Gasteiger partial charge in [-0.25, -0.2) is 18.4 Å². The quantitative estimate of drug-likeness (QED) is 0.617. The summed E-state index contributed by atoms with van der Waals surface area (Å²) in [7, 11) is 0. The Hall–Kier alpha value is -2.64. The molecule has 0 radical (unpaired) electrons. The lowest BCUT2D eigenvalue weighted by atomic mass is 10.1. The lowest BCUT2D eigenvalue weighted by Gasteiger charge is -2.12. The third-order valence-electron chi connectivity index (χ3n) is 2.36. The molecule has 0 unspecified atom stereocenters. The maximum Gasteiger partial charge on any atom is 0.351 e. The van der Waals surface area contributed by atoms with Crippen molar-refractivity contribution in [3.05, 3.63) is 57.8 Å². The molecule has 0 saturated heterocycles. The van der Waals surface area contributed by atoms with Gasteiger partial charge in [0.1, 0.15) is 5.82 Å². The van der Waals surface area contributed by atoms with Gasteiger partial charge in [-0.2, -0.15) is 4.98 Å². The summed E-state index contributed by atoms with van der Waals surface area (Å²) < 4.78 is 26.4. The fourth-order valence-electron chi connectivity index (χ4n) is 1.32. The Morgan fingerprint density at radius 3 is 2.62 bits per heavy atom. The van der Waals surface area contributed by atoms with Gasteiger partial charge >= 0.3 is 11.4 Å². The summed E-state index contributed by atoms with van der Waals surface area (Å²) in [6.07, 6.45) is 3.42. The van der Waals surface area contributed by atoms with Crippen molar-refractivity contribution in [3.63, 3.8) is 0 Å². The topological polar surface area (TPSA) is 91.0 Å². The second-order valence-electron chi connectivity index (χ2n) is 4.18. The number of hydrogen-bond acceptors (Lipinski definition) is 4. The Kier molecular flexibility index (Phi) is 5.23. The molecule has 1 heterocycles. The lowest BCUT2D eigenvalue weighted by Crippen LogP contribution is -2.26. The van der Waals surface area contributed by atoms with E-state index in [0.29, 0.717) is 0 Å². The summed E-state index contributed by atoms with van der Waals surface area (Å²) in [6.45, 7) is 7.69. The number of rotatable bonds is 6. The Morgan fingerprint density at radius 1 is 1.43 bits per heavy atom. The number of aliphatic imine (C=N–C) groups is 1. The van der Waals surface area contributed by atoms with E-state index in [0.717, 1.165) is 19.3 Å². The summed E-state index contributed by atoms with van der Waals surface area (Å²) in [5, 5.41) is 0. The zero-order valence-electron chi connectivity index (χ0n) is 11.3. The zero-order valence-corrected chi connectivity index (χ0v) is 11.3. The number of halogens is 2. The van der Waals surface area contributed by atoms with Gasteiger partial charge in [-0.05, 0) is 6.42 Å². The predicted octanol–water partition coefficient (Wildman–Crippen LogP) is 1.66. The van der Waals surface area contributed by atoms with E-state index in [1.165, 1.54) is 6.08 Å². The molecular formula is C13H14F2N4O2. The maximum absolute atomic E-state index is 13.2. The van der Waals surface area contributed by atoms with Crippen LogP contribution in [0, 0.1) is 0 Å². The van der Waals surface area contributed by atoms with E-state index in [1.54, 1.807) is 0 Å². The molecule has 0 fully saturated rings. The molecule has 21 heavy (non-hydrogen) atoms. The largest absolute Gasteiger partial charge is 0.351 e. The fourth-order valence-corrected chi connectivity index (χ4v) is 1.32. The Balaban J connectivity index is 2.98. The molecule has 1 rings (SSSR count). The van der Waals surface area contributed by atoms with Gasteiger partial charge < -0.3 is 0 Å². The van der Waals surface area contributed by atoms with Crippen molar-refractivity contribution in [2.75, 3.05) is 0 Å². The molecule has 112 valence electrons. The summed E-state index contributed by atoms with van der Waals surface area (Å²) in [4.78, 5) is 33.4. The van der Waals surface area contributed by atoms with Crippen LogP contribution in [0.4, 0.5) is 8.78 Å². The van der Waals surface area contributed by atoms with Crippen molar-refractivity contribution in [1.82, 2.24) is 15.0 Å². The van der Waals surface area contributed by atoms with Crippen LogP contribution >= 0.6 is 0 Å². The first-order valence-electron chi connectivity index (χ1n) is 5.85. The standard InChI is InChI=1S/C13H14F2N4O2/c1-4-5-9(13(3,14)15)7-16-6-8(2)10-17-11(20)19-12(21)18-10/h4,6-7H,1-2,5H2,3H3,(H2,17,18,19,20,21)/b9-7+,16-6?. The van der Waals surface area contributed by atoms with Gasteiger partial charge in [-0.1, -0.05) is 12.7 Å². The predicted molar refractivity (Wildman–Crippen MR) is 76.5 cm³/mol. The molecule has 2 N–H and O–H groups in total. The highest BCUT2D eigenvalue weighted by Crippen LogP contribution is 2.26. The minimum absolute atomic E-state index is 0.0204. The first kappa shape index (κ1) is 16.4. The number of aromatic amines is 2. The van der Waals surface area contributed by atoms with E-state index >= 15 is 0 Å². The first-order chi connectivity index (χ1) is 9.74. The highest BCUT2D eigenvalue weighted by atomic mass is 19.3. The molecule has 0 aliphatic rings. The third kappa shape index (κ3) is 5.09. The van der Waals surface area contributed by atoms with Crippen molar-refractivity contribution in [1.29, 1.82) is 0 Å². The summed E-state index contributed by atoms with van der Waals surface area (Å²) in [6, 6.07) is 0. The van der Waals surface area contributed by atoms with Crippen LogP contribution in [-0.4, -0.2) is 27.1 Å². The summed E-state index contributed by atoms with van der Waals surface area (Å²) >= 11 is 0. The van der Waals surface area contributed by atoms with Crippen LogP contribution in [0.15, 0.2) is 45.6 Å². The van der Waals surface area contributed by atoms with Crippen molar-refractivity contribution >= 4 is 11.8 Å². The minimum Gasteiger partial charge on any atom is -0.291 e. The highest BCUT2D eigenvalue weighted by Gasteiger charge is 2.26. The molecule has 0 bridgehead atoms. The van der Waals surface area contributed by atoms with Gasteiger partial charge in [0.2, 0.25) is 0 Å². The van der Waals surface area contributed by atoms with Gasteiger partial charge in [0.15, 0.2) is 0 Å². The van der Waals surface area contributed by atoms with Crippen LogP contribution in [-0.2, 0) is 0 Å². The molecule has 0 aromatic carbocycles. The van der Waals surface area contributed by atoms with Crippen molar-refractivity contribution in [2.24, 2.45) is 4.99 Å². The number of hydrogen-bond donors (Lipinski definition) is 2. The van der Waals surface area contributed by atoms with E-state index in [4.69, 9.17) is 0 Å². The molecular weight excluding hydrogens is 282 g/mol. The van der Waals surface area contributed by atoms with Gasteiger partial charge in [0.05, 0.1) is 0 Å². The van der Waals surface area contributed by atoms with Crippen LogP contribution in [0.2, 0.25) is 0 Å². The number of nitrogens with one attached hydrogen (secondary N) is 2. The van der Waals surface area contributed by atoms with Crippen LogP contribution in [0.1, 0.15) is 19.2 Å². The van der Waals surface area contributed by atoms with E-state index < -0.39 is 17.3 Å². The molecule has 0 amide bonds. The summed E-state index contributed by atoms with van der Waals surface area (Å²) in [5.41, 5.74) is -1.71. The smallest absolute Gasteiger partial charge is 0.291 e. The normalized spacial score (nSPS) is 12.6. The maximum atomic E-state index is 13.2.